The van der Waals surface area contributed by atoms with E-state index in [0.29, 0.717) is 18.8 Å². The van der Waals surface area contributed by atoms with Gasteiger partial charge in [0.2, 0.25) is 17.7 Å². The van der Waals surface area contributed by atoms with Crippen molar-refractivity contribution in [2.24, 2.45) is 0 Å². The Labute approximate surface area is 241 Å². The third-order valence-corrected chi connectivity index (χ3v) is 7.65. The van der Waals surface area contributed by atoms with Crippen LogP contribution < -0.4 is 16.0 Å². The highest BCUT2D eigenvalue weighted by Crippen LogP contribution is 2.33. The molecular formula is C31H42N6O4. The zero-order valence-corrected chi connectivity index (χ0v) is 23.9. The van der Waals surface area contributed by atoms with E-state index in [4.69, 9.17) is 0 Å². The quantitative estimate of drug-likeness (QED) is 0.253. The summed E-state index contributed by atoms with van der Waals surface area (Å²) >= 11 is 0. The molecule has 2 heterocycles. The molecule has 4 rings (SSSR count). The highest BCUT2D eigenvalue weighted by Gasteiger charge is 2.40. The number of allylic oxidation sites excluding steroid dienone is 3. The number of amides is 3. The molecule has 1 aliphatic heterocycles. The highest BCUT2D eigenvalue weighted by atomic mass is 16.3. The normalized spacial score (nSPS) is 19.6. The van der Waals surface area contributed by atoms with E-state index in [2.05, 4.69) is 44.1 Å². The van der Waals surface area contributed by atoms with Gasteiger partial charge in [-0.25, -0.2) is 4.98 Å². The molecule has 10 nitrogen and oxygen atoms in total. The van der Waals surface area contributed by atoms with Crippen LogP contribution in [0.25, 0.3) is 0 Å². The Morgan fingerprint density at radius 3 is 2.63 bits per heavy atom. The van der Waals surface area contributed by atoms with Crippen LogP contribution in [0, 0.1) is 0 Å². The molecule has 1 aromatic heterocycles. The summed E-state index contributed by atoms with van der Waals surface area (Å²) in [5, 5.41) is 18.8. The maximum absolute atomic E-state index is 14.4. The number of likely N-dealkylation sites (tertiary alicyclic amines) is 1. The maximum Gasteiger partial charge on any atom is 0.246 e. The minimum atomic E-state index is -0.976. The summed E-state index contributed by atoms with van der Waals surface area (Å²) in [6, 6.07) is 7.95. The molecule has 1 fully saturated rings. The first-order chi connectivity index (χ1) is 19.9. The van der Waals surface area contributed by atoms with Gasteiger partial charge in [0.05, 0.1) is 18.9 Å². The standard InChI is InChI=1S/C31H42N6O4/c1-21(38)16-27(39)35-26(17-24-18-33-20-34-24)30(40)36-29(31(41)37-15-9-14-25(37)19-32-2)28(22-10-5-3-6-11-22)23-12-7-4-8-13-23/h3,5-7,10-13,18,20-21,25-26,28-29,32,38H,4,8-9,14-17,19H2,1-2H3,(H,33,34)(H,35,39)(H,36,40)/t21-,25?,26+,28?,29?/m1/s1. The number of nitrogens with zero attached hydrogens (tertiary/aromatic N) is 2. The molecule has 2 aliphatic rings. The number of nitrogens with one attached hydrogen (secondary N) is 4. The van der Waals surface area contributed by atoms with Crippen LogP contribution in [0.1, 0.15) is 56.2 Å². The molecule has 1 saturated heterocycles. The summed E-state index contributed by atoms with van der Waals surface area (Å²) in [6.07, 6.45) is 12.1. The van der Waals surface area contributed by atoms with Gasteiger partial charge in [-0.1, -0.05) is 48.6 Å². The fourth-order valence-corrected chi connectivity index (χ4v) is 5.74. The summed E-state index contributed by atoms with van der Waals surface area (Å²) in [6.45, 7) is 2.81. The Kier molecular flexibility index (Phi) is 10.9. The lowest BCUT2D eigenvalue weighted by molar-refractivity contribution is -0.138. The van der Waals surface area contributed by atoms with E-state index >= 15 is 0 Å². The van der Waals surface area contributed by atoms with E-state index in [1.165, 1.54) is 13.3 Å². The topological polar surface area (TPSA) is 139 Å². The molecule has 0 radical (unpaired) electrons. The number of aliphatic hydroxyl groups is 1. The SMILES string of the molecule is CNCC1CCCN1C(=O)C(NC(=O)[C@H](Cc1cnc[nH]1)NC(=O)C[C@@H](C)O)C(C1=CCCC=C1)c1ccccc1. The first-order valence-electron chi connectivity index (χ1n) is 14.5. The summed E-state index contributed by atoms with van der Waals surface area (Å²) in [7, 11) is 1.88. The molecular weight excluding hydrogens is 520 g/mol. The average molecular weight is 563 g/mol. The van der Waals surface area contributed by atoms with Crippen LogP contribution in [0.15, 0.2) is 66.7 Å². The molecule has 5 N–H and O–H groups in total. The van der Waals surface area contributed by atoms with Gasteiger partial charge in [-0.3, -0.25) is 14.4 Å². The lowest BCUT2D eigenvalue weighted by atomic mass is 9.81. The first kappa shape index (κ1) is 30.2. The number of rotatable bonds is 13. The van der Waals surface area contributed by atoms with Gasteiger partial charge < -0.3 is 30.9 Å². The van der Waals surface area contributed by atoms with Crippen LogP contribution in [0.4, 0.5) is 0 Å². The number of aliphatic hydroxyl groups excluding tert-OH is 1. The molecule has 2 aromatic rings. The lowest BCUT2D eigenvalue weighted by Gasteiger charge is -2.35. The van der Waals surface area contributed by atoms with Crippen molar-refractivity contribution in [2.45, 2.75) is 75.6 Å². The van der Waals surface area contributed by atoms with Gasteiger partial charge in [-0.05, 0) is 50.8 Å². The third kappa shape index (κ3) is 8.14. The molecule has 10 heteroatoms. The summed E-state index contributed by atoms with van der Waals surface area (Å²) in [5.41, 5.74) is 2.57. The van der Waals surface area contributed by atoms with Crippen molar-refractivity contribution >= 4 is 17.7 Å². The van der Waals surface area contributed by atoms with Crippen molar-refractivity contribution in [2.75, 3.05) is 20.1 Å². The van der Waals surface area contributed by atoms with E-state index in [1.807, 2.05) is 42.3 Å². The van der Waals surface area contributed by atoms with Crippen molar-refractivity contribution in [3.8, 4) is 0 Å². The van der Waals surface area contributed by atoms with Crippen LogP contribution in [0.3, 0.4) is 0 Å². The summed E-state index contributed by atoms with van der Waals surface area (Å²) in [4.78, 5) is 50.0. The number of hydrogen-bond acceptors (Lipinski definition) is 6. The zero-order chi connectivity index (χ0) is 29.2. The Morgan fingerprint density at radius 2 is 1.98 bits per heavy atom. The van der Waals surface area contributed by atoms with E-state index in [9.17, 15) is 19.5 Å². The number of carbonyl (C=O) groups is 3. The second-order valence-corrected chi connectivity index (χ2v) is 10.9. The molecule has 1 aromatic carbocycles. The third-order valence-electron chi connectivity index (χ3n) is 7.65. The highest BCUT2D eigenvalue weighted by molar-refractivity contribution is 5.93. The van der Waals surface area contributed by atoms with Gasteiger partial charge >= 0.3 is 0 Å². The number of aromatic amines is 1. The van der Waals surface area contributed by atoms with Crippen LogP contribution in [-0.2, 0) is 20.8 Å². The van der Waals surface area contributed by atoms with E-state index in [0.717, 1.165) is 36.8 Å². The molecule has 0 saturated carbocycles. The van der Waals surface area contributed by atoms with Gasteiger partial charge in [-0.15, -0.1) is 0 Å². The summed E-state index contributed by atoms with van der Waals surface area (Å²) < 4.78 is 0. The Hall–Kier alpha value is -3.76. The van der Waals surface area contributed by atoms with Crippen molar-refractivity contribution in [1.82, 2.24) is 30.8 Å². The number of imidazole rings is 1. The Morgan fingerprint density at radius 1 is 1.17 bits per heavy atom. The van der Waals surface area contributed by atoms with E-state index < -0.39 is 35.9 Å². The fourth-order valence-electron chi connectivity index (χ4n) is 5.74. The van der Waals surface area contributed by atoms with Crippen molar-refractivity contribution < 1.29 is 19.5 Å². The predicted octanol–water partition coefficient (Wildman–Crippen LogP) is 1.96. The fraction of sp³-hybridized carbons (Fsp3) is 0.484. The molecule has 41 heavy (non-hydrogen) atoms. The zero-order valence-electron chi connectivity index (χ0n) is 23.9. The number of aromatic nitrogens is 2. The molecule has 0 spiro atoms. The largest absolute Gasteiger partial charge is 0.393 e. The molecule has 3 unspecified atom stereocenters. The molecule has 5 atom stereocenters. The maximum atomic E-state index is 14.4. The molecule has 220 valence electrons. The Bertz CT molecular complexity index is 1210. The van der Waals surface area contributed by atoms with Gasteiger partial charge in [0.15, 0.2) is 0 Å². The summed E-state index contributed by atoms with van der Waals surface area (Å²) in [5.74, 6) is -1.47. The number of benzene rings is 1. The van der Waals surface area contributed by atoms with Crippen molar-refractivity contribution in [3.63, 3.8) is 0 Å². The second kappa shape index (κ2) is 14.7. The van der Waals surface area contributed by atoms with Gasteiger partial charge in [0.1, 0.15) is 12.1 Å². The van der Waals surface area contributed by atoms with E-state index in [-0.39, 0.29) is 24.8 Å². The number of likely N-dealkylation sites (N-methyl/N-ethyl adjacent to an activating group) is 1. The van der Waals surface area contributed by atoms with Crippen LogP contribution in [0.2, 0.25) is 0 Å². The first-order valence-corrected chi connectivity index (χ1v) is 14.5. The molecule has 3 amide bonds. The molecule has 0 bridgehead atoms. The van der Waals surface area contributed by atoms with Crippen LogP contribution in [-0.4, -0.2) is 82.1 Å². The minimum absolute atomic E-state index is 0.0331. The van der Waals surface area contributed by atoms with Gasteiger partial charge in [-0.2, -0.15) is 0 Å². The van der Waals surface area contributed by atoms with Crippen molar-refractivity contribution in [3.05, 3.63) is 77.9 Å². The van der Waals surface area contributed by atoms with Gasteiger partial charge in [0, 0.05) is 43.4 Å². The van der Waals surface area contributed by atoms with Crippen LogP contribution in [0.5, 0.6) is 0 Å². The average Bonchev–Trinajstić information content (AvgIpc) is 3.65. The number of hydrogen-bond donors (Lipinski definition) is 5. The Balaban J connectivity index is 1.70. The molecule has 1 aliphatic carbocycles. The number of H-pyrrole nitrogens is 1. The van der Waals surface area contributed by atoms with Gasteiger partial charge in [0.25, 0.3) is 0 Å². The number of carbonyl (C=O) groups excluding carboxylic acids is 3. The minimum Gasteiger partial charge on any atom is -0.393 e. The smallest absolute Gasteiger partial charge is 0.246 e. The monoisotopic (exact) mass is 562 g/mol. The predicted molar refractivity (Wildman–Crippen MR) is 157 cm³/mol. The van der Waals surface area contributed by atoms with E-state index in [1.54, 1.807) is 6.20 Å². The van der Waals surface area contributed by atoms with Crippen LogP contribution >= 0.6 is 0 Å². The second-order valence-electron chi connectivity index (χ2n) is 10.9. The lowest BCUT2D eigenvalue weighted by Crippen LogP contribution is -2.58. The van der Waals surface area contributed by atoms with Crippen molar-refractivity contribution in [1.29, 1.82) is 0 Å².